The number of methoxy groups -OCH3 is 5. The summed E-state index contributed by atoms with van der Waals surface area (Å²) >= 11 is 0. The monoisotopic (exact) mass is 501 g/mol. The summed E-state index contributed by atoms with van der Waals surface area (Å²) in [6.07, 6.45) is 3.49. The van der Waals surface area contributed by atoms with Crippen LogP contribution < -0.4 is 28.4 Å². The molecule has 0 unspecified atom stereocenters. The third kappa shape index (κ3) is 5.72. The number of rotatable bonds is 10. The number of phenolic OH excluding ortho intramolecular Hbond substituents is 1. The molecule has 0 amide bonds. The maximum absolute atomic E-state index is 13.0. The summed E-state index contributed by atoms with van der Waals surface area (Å²) < 4.78 is 55.5. The zero-order chi connectivity index (χ0) is 25.6. The van der Waals surface area contributed by atoms with Gasteiger partial charge in [-0.1, -0.05) is 12.2 Å². The molecule has 0 saturated carbocycles. The first kappa shape index (κ1) is 25.6. The van der Waals surface area contributed by atoms with Gasteiger partial charge >= 0.3 is 0 Å². The Morgan fingerprint density at radius 1 is 0.714 bits per heavy atom. The lowest BCUT2D eigenvalue weighted by Crippen LogP contribution is -2.14. The summed E-state index contributed by atoms with van der Waals surface area (Å²) in [5.41, 5.74) is 1.50. The number of phenols is 1. The van der Waals surface area contributed by atoms with Crippen molar-refractivity contribution in [1.29, 1.82) is 0 Å². The van der Waals surface area contributed by atoms with E-state index in [1.165, 1.54) is 65.9 Å². The van der Waals surface area contributed by atoms with Crippen LogP contribution in [0.4, 0.5) is 5.69 Å². The maximum atomic E-state index is 13.0. The van der Waals surface area contributed by atoms with Gasteiger partial charge < -0.3 is 28.8 Å². The minimum atomic E-state index is -3.96. The van der Waals surface area contributed by atoms with Crippen LogP contribution in [0.1, 0.15) is 11.1 Å². The molecule has 0 aliphatic carbocycles. The molecule has 0 spiro atoms. The van der Waals surface area contributed by atoms with Crippen molar-refractivity contribution in [3.05, 3.63) is 59.7 Å². The van der Waals surface area contributed by atoms with E-state index < -0.39 is 10.0 Å². The zero-order valence-corrected chi connectivity index (χ0v) is 20.8. The van der Waals surface area contributed by atoms with Crippen LogP contribution >= 0.6 is 0 Å². The van der Waals surface area contributed by atoms with Gasteiger partial charge in [0, 0.05) is 11.6 Å². The lowest BCUT2D eigenvalue weighted by Gasteiger charge is -2.15. The molecule has 9 nitrogen and oxygen atoms in total. The van der Waals surface area contributed by atoms with Gasteiger partial charge in [0.1, 0.15) is 5.75 Å². The molecule has 0 heterocycles. The smallest absolute Gasteiger partial charge is 0.261 e. The van der Waals surface area contributed by atoms with Crippen molar-refractivity contribution in [2.75, 3.05) is 40.3 Å². The van der Waals surface area contributed by atoms with Crippen molar-refractivity contribution in [1.82, 2.24) is 0 Å². The number of anilines is 1. The predicted molar refractivity (Wildman–Crippen MR) is 133 cm³/mol. The maximum Gasteiger partial charge on any atom is 0.261 e. The van der Waals surface area contributed by atoms with Crippen LogP contribution in [0, 0.1) is 0 Å². The fourth-order valence-corrected chi connectivity index (χ4v) is 4.41. The van der Waals surface area contributed by atoms with Gasteiger partial charge in [-0.3, -0.25) is 4.72 Å². The van der Waals surface area contributed by atoms with Crippen LogP contribution in [0.3, 0.4) is 0 Å². The van der Waals surface area contributed by atoms with E-state index in [1.807, 2.05) is 0 Å². The summed E-state index contributed by atoms with van der Waals surface area (Å²) in [5.74, 6) is 2.15. The molecule has 10 heteroatoms. The molecule has 0 aromatic heterocycles. The molecule has 3 aromatic rings. The molecule has 2 N–H and O–H groups in total. The Balaban J connectivity index is 2.08. The number of sulfonamides is 1. The van der Waals surface area contributed by atoms with E-state index in [4.69, 9.17) is 23.7 Å². The number of nitrogens with one attached hydrogen (secondary N) is 1. The summed E-state index contributed by atoms with van der Waals surface area (Å²) in [4.78, 5) is -0.00959. The zero-order valence-electron chi connectivity index (χ0n) is 20.0. The Bertz CT molecular complexity index is 1290. The number of benzene rings is 3. The molecule has 0 aliphatic rings. The highest BCUT2D eigenvalue weighted by atomic mass is 32.2. The largest absolute Gasteiger partial charge is 0.508 e. The minimum absolute atomic E-state index is 0.00959. The van der Waals surface area contributed by atoms with E-state index in [-0.39, 0.29) is 16.3 Å². The van der Waals surface area contributed by atoms with E-state index in [0.717, 1.165) is 5.56 Å². The molecular formula is C25H27NO8S. The van der Waals surface area contributed by atoms with E-state index >= 15 is 0 Å². The van der Waals surface area contributed by atoms with Gasteiger partial charge in [-0.2, -0.15) is 0 Å². The Morgan fingerprint density at radius 2 is 1.26 bits per heavy atom. The van der Waals surface area contributed by atoms with E-state index in [0.29, 0.717) is 34.3 Å². The van der Waals surface area contributed by atoms with Gasteiger partial charge in [-0.25, -0.2) is 8.42 Å². The van der Waals surface area contributed by atoms with Gasteiger partial charge in [0.05, 0.1) is 46.1 Å². The number of hydrogen-bond donors (Lipinski definition) is 2. The van der Waals surface area contributed by atoms with Crippen LogP contribution in [-0.4, -0.2) is 49.1 Å². The lowest BCUT2D eigenvalue weighted by atomic mass is 10.1. The van der Waals surface area contributed by atoms with Crippen molar-refractivity contribution in [2.24, 2.45) is 0 Å². The highest BCUT2D eigenvalue weighted by Crippen LogP contribution is 2.39. The molecule has 0 aliphatic heterocycles. The van der Waals surface area contributed by atoms with Crippen molar-refractivity contribution in [3.63, 3.8) is 0 Å². The molecule has 3 rings (SSSR count). The number of hydrogen-bond acceptors (Lipinski definition) is 8. The van der Waals surface area contributed by atoms with E-state index in [9.17, 15) is 13.5 Å². The summed E-state index contributed by atoms with van der Waals surface area (Å²) in [5, 5.41) is 9.49. The summed E-state index contributed by atoms with van der Waals surface area (Å²) in [6.45, 7) is 0. The normalized spacial score (nSPS) is 11.2. The highest BCUT2D eigenvalue weighted by molar-refractivity contribution is 7.92. The Hall–Kier alpha value is -4.05. The summed E-state index contributed by atoms with van der Waals surface area (Å²) in [7, 11) is 3.56. The average Bonchev–Trinajstić information content (AvgIpc) is 2.86. The van der Waals surface area contributed by atoms with Gasteiger partial charge in [-0.15, -0.1) is 0 Å². The molecule has 3 aromatic carbocycles. The molecule has 0 radical (unpaired) electrons. The van der Waals surface area contributed by atoms with Crippen LogP contribution in [0.5, 0.6) is 34.5 Å². The SMILES string of the molecule is COc1cc(C=Cc2cc(OC)c(OC)c(OC)c2)c(NS(=O)(=O)c2ccc(O)cc2)cc1OC. The van der Waals surface area contributed by atoms with Crippen LogP contribution in [-0.2, 0) is 10.0 Å². The van der Waals surface area contributed by atoms with Gasteiger partial charge in [0.15, 0.2) is 23.0 Å². The van der Waals surface area contributed by atoms with Crippen molar-refractivity contribution < 1.29 is 37.2 Å². The first-order chi connectivity index (χ1) is 16.8. The van der Waals surface area contributed by atoms with Crippen LogP contribution in [0.15, 0.2) is 53.4 Å². The Morgan fingerprint density at radius 3 is 1.77 bits per heavy atom. The number of ether oxygens (including phenoxy) is 5. The fourth-order valence-electron chi connectivity index (χ4n) is 3.33. The molecule has 0 fully saturated rings. The van der Waals surface area contributed by atoms with Gasteiger partial charge in [0.25, 0.3) is 10.0 Å². The topological polar surface area (TPSA) is 113 Å². The third-order valence-corrected chi connectivity index (χ3v) is 6.47. The van der Waals surface area contributed by atoms with Crippen molar-refractivity contribution in [3.8, 4) is 34.5 Å². The quantitative estimate of drug-likeness (QED) is 0.393. The van der Waals surface area contributed by atoms with E-state index in [1.54, 1.807) is 30.4 Å². The third-order valence-electron chi connectivity index (χ3n) is 5.09. The molecule has 0 atom stereocenters. The van der Waals surface area contributed by atoms with Crippen LogP contribution in [0.2, 0.25) is 0 Å². The van der Waals surface area contributed by atoms with Crippen molar-refractivity contribution >= 4 is 27.9 Å². The summed E-state index contributed by atoms with van der Waals surface area (Å²) in [6, 6.07) is 11.9. The fraction of sp³-hybridized carbons (Fsp3) is 0.200. The Labute approximate surface area is 204 Å². The lowest BCUT2D eigenvalue weighted by molar-refractivity contribution is 0.324. The van der Waals surface area contributed by atoms with Crippen molar-refractivity contribution in [2.45, 2.75) is 4.90 Å². The minimum Gasteiger partial charge on any atom is -0.508 e. The first-order valence-electron chi connectivity index (χ1n) is 10.3. The number of aromatic hydroxyl groups is 1. The first-order valence-corrected chi connectivity index (χ1v) is 11.8. The second kappa shape index (κ2) is 10.9. The second-order valence-corrected chi connectivity index (χ2v) is 8.87. The molecular weight excluding hydrogens is 474 g/mol. The molecule has 35 heavy (non-hydrogen) atoms. The van der Waals surface area contributed by atoms with Crippen LogP contribution in [0.25, 0.3) is 12.2 Å². The standard InChI is InChI=1S/C25H27NO8S/c1-30-21-14-17(7-6-16-12-23(32-3)25(34-5)24(13-16)33-4)20(15-22(21)31-2)26-35(28,29)19-10-8-18(27)9-11-19/h6-15,26-27H,1-5H3. The molecule has 0 bridgehead atoms. The molecule has 186 valence electrons. The Kier molecular flexibility index (Phi) is 7.98. The van der Waals surface area contributed by atoms with Gasteiger partial charge in [-0.05, 0) is 48.0 Å². The predicted octanol–water partition coefficient (Wildman–Crippen LogP) is 4.41. The average molecular weight is 502 g/mol. The highest BCUT2D eigenvalue weighted by Gasteiger charge is 2.18. The van der Waals surface area contributed by atoms with Gasteiger partial charge in [0.2, 0.25) is 5.75 Å². The molecule has 0 saturated heterocycles. The van der Waals surface area contributed by atoms with E-state index in [2.05, 4.69) is 4.72 Å². The second-order valence-electron chi connectivity index (χ2n) is 7.19.